The fourth-order valence-electron chi connectivity index (χ4n) is 4.14. The number of hydrogen-bond donors (Lipinski definition) is 1. The van der Waals surface area contributed by atoms with Crippen LogP contribution < -0.4 is 10.2 Å². The highest BCUT2D eigenvalue weighted by molar-refractivity contribution is 6.30. The SMILES string of the molecule is C[C@H]1CC[C@@H]2C(=O)N(c3ccc(C(=O)Nc4ccc(Cl)cc4)cc3)C(=O)[C@@H]2C1. The largest absolute Gasteiger partial charge is 0.322 e. The number of carbonyl (C=O) groups is 3. The average Bonchev–Trinajstić information content (AvgIpc) is 2.93. The third kappa shape index (κ3) is 3.42. The topological polar surface area (TPSA) is 66.5 Å². The molecule has 1 saturated carbocycles. The van der Waals surface area contributed by atoms with Crippen molar-refractivity contribution in [2.45, 2.75) is 26.2 Å². The van der Waals surface area contributed by atoms with Crippen molar-refractivity contribution in [3.05, 3.63) is 59.1 Å². The van der Waals surface area contributed by atoms with E-state index in [2.05, 4.69) is 12.2 Å². The molecule has 3 atom stereocenters. The molecule has 1 aliphatic carbocycles. The third-order valence-electron chi connectivity index (χ3n) is 5.68. The fraction of sp³-hybridized carbons (Fsp3) is 0.318. The predicted molar refractivity (Wildman–Crippen MR) is 108 cm³/mol. The number of amides is 3. The van der Waals surface area contributed by atoms with Gasteiger partial charge in [0.05, 0.1) is 17.5 Å². The summed E-state index contributed by atoms with van der Waals surface area (Å²) in [6, 6.07) is 13.4. The van der Waals surface area contributed by atoms with Gasteiger partial charge in [0, 0.05) is 16.3 Å². The van der Waals surface area contributed by atoms with E-state index in [4.69, 9.17) is 11.6 Å². The van der Waals surface area contributed by atoms with Gasteiger partial charge in [0.2, 0.25) is 11.8 Å². The number of carbonyl (C=O) groups excluding carboxylic acids is 3. The lowest BCUT2D eigenvalue weighted by molar-refractivity contribution is -0.122. The zero-order valence-electron chi connectivity index (χ0n) is 15.5. The molecule has 2 aromatic rings. The van der Waals surface area contributed by atoms with Crippen molar-refractivity contribution in [2.75, 3.05) is 10.2 Å². The molecule has 1 N–H and O–H groups in total. The van der Waals surface area contributed by atoms with Crippen LogP contribution in [0.5, 0.6) is 0 Å². The van der Waals surface area contributed by atoms with Crippen LogP contribution in [0.1, 0.15) is 36.5 Å². The molecule has 3 amide bonds. The molecule has 0 radical (unpaired) electrons. The molecule has 0 unspecified atom stereocenters. The molecule has 6 heteroatoms. The van der Waals surface area contributed by atoms with E-state index >= 15 is 0 Å². The van der Waals surface area contributed by atoms with Crippen LogP contribution in [0.25, 0.3) is 0 Å². The number of hydrogen-bond acceptors (Lipinski definition) is 3. The number of benzene rings is 2. The van der Waals surface area contributed by atoms with Gasteiger partial charge in [-0.15, -0.1) is 0 Å². The number of nitrogens with zero attached hydrogens (tertiary/aromatic N) is 1. The van der Waals surface area contributed by atoms with E-state index < -0.39 is 0 Å². The molecule has 1 heterocycles. The zero-order valence-corrected chi connectivity index (χ0v) is 16.3. The zero-order chi connectivity index (χ0) is 19.8. The first kappa shape index (κ1) is 18.7. The standard InChI is InChI=1S/C22H21ClN2O3/c1-13-2-11-18-19(12-13)22(28)25(21(18)27)17-9-3-14(4-10-17)20(26)24-16-7-5-15(23)6-8-16/h3-10,13,18-19H,2,11-12H2,1H3,(H,24,26)/t13-,18-,19+/m0/s1. The van der Waals surface area contributed by atoms with Crippen molar-refractivity contribution in [3.8, 4) is 0 Å². The number of halogens is 1. The minimum absolute atomic E-state index is 0.111. The van der Waals surface area contributed by atoms with Gasteiger partial charge in [-0.05, 0) is 73.7 Å². The Labute approximate surface area is 168 Å². The molecule has 1 aliphatic heterocycles. The van der Waals surface area contributed by atoms with Gasteiger partial charge in [-0.25, -0.2) is 0 Å². The second-order valence-electron chi connectivity index (χ2n) is 7.65. The lowest BCUT2D eigenvalue weighted by atomic mass is 9.76. The van der Waals surface area contributed by atoms with Gasteiger partial charge in [0.15, 0.2) is 0 Å². The smallest absolute Gasteiger partial charge is 0.255 e. The Hall–Kier alpha value is -2.66. The molecule has 28 heavy (non-hydrogen) atoms. The molecule has 4 rings (SSSR count). The van der Waals surface area contributed by atoms with Gasteiger partial charge in [-0.3, -0.25) is 19.3 Å². The first-order chi connectivity index (χ1) is 13.4. The van der Waals surface area contributed by atoms with Crippen molar-refractivity contribution < 1.29 is 14.4 Å². The van der Waals surface area contributed by atoms with Crippen LogP contribution in [0.3, 0.4) is 0 Å². The summed E-state index contributed by atoms with van der Waals surface area (Å²) in [5.41, 5.74) is 1.62. The van der Waals surface area contributed by atoms with Gasteiger partial charge in [0.1, 0.15) is 0 Å². The summed E-state index contributed by atoms with van der Waals surface area (Å²) in [7, 11) is 0. The van der Waals surface area contributed by atoms with Crippen LogP contribution in [0.15, 0.2) is 48.5 Å². The van der Waals surface area contributed by atoms with Gasteiger partial charge in [0.25, 0.3) is 5.91 Å². The summed E-state index contributed by atoms with van der Waals surface area (Å²) in [6.07, 6.45) is 2.53. The highest BCUT2D eigenvalue weighted by atomic mass is 35.5. The number of anilines is 2. The fourth-order valence-corrected chi connectivity index (χ4v) is 4.27. The molecule has 144 valence electrons. The maximum absolute atomic E-state index is 12.8. The van der Waals surface area contributed by atoms with E-state index in [1.807, 2.05) is 0 Å². The molecule has 2 aromatic carbocycles. The second-order valence-corrected chi connectivity index (χ2v) is 8.09. The van der Waals surface area contributed by atoms with Crippen LogP contribution in [-0.4, -0.2) is 17.7 Å². The van der Waals surface area contributed by atoms with Crippen LogP contribution in [0, 0.1) is 17.8 Å². The van der Waals surface area contributed by atoms with Gasteiger partial charge in [-0.1, -0.05) is 18.5 Å². The Morgan fingerprint density at radius 1 is 0.964 bits per heavy atom. The summed E-state index contributed by atoms with van der Waals surface area (Å²) < 4.78 is 0. The van der Waals surface area contributed by atoms with Crippen LogP contribution in [-0.2, 0) is 9.59 Å². The van der Waals surface area contributed by atoms with E-state index in [0.717, 1.165) is 19.3 Å². The maximum Gasteiger partial charge on any atom is 0.255 e. The number of nitrogens with one attached hydrogen (secondary N) is 1. The third-order valence-corrected chi connectivity index (χ3v) is 5.93. The monoisotopic (exact) mass is 396 g/mol. The molecule has 0 aromatic heterocycles. The molecule has 0 spiro atoms. The number of fused-ring (bicyclic) bond motifs is 1. The van der Waals surface area contributed by atoms with E-state index in [0.29, 0.717) is 27.9 Å². The predicted octanol–water partition coefficient (Wildman–Crippen LogP) is 4.52. The van der Waals surface area contributed by atoms with Crippen molar-refractivity contribution in [3.63, 3.8) is 0 Å². The minimum Gasteiger partial charge on any atom is -0.322 e. The van der Waals surface area contributed by atoms with Gasteiger partial charge in [-0.2, -0.15) is 0 Å². The summed E-state index contributed by atoms with van der Waals surface area (Å²) >= 11 is 5.85. The molecule has 2 aliphatic rings. The Balaban J connectivity index is 1.50. The molecule has 1 saturated heterocycles. The van der Waals surface area contributed by atoms with Crippen molar-refractivity contribution >= 4 is 40.7 Å². The Bertz CT molecular complexity index is 924. The van der Waals surface area contributed by atoms with Crippen molar-refractivity contribution in [2.24, 2.45) is 17.8 Å². The number of rotatable bonds is 3. The van der Waals surface area contributed by atoms with Gasteiger partial charge < -0.3 is 5.32 Å². The Morgan fingerprint density at radius 2 is 1.61 bits per heavy atom. The average molecular weight is 397 g/mol. The maximum atomic E-state index is 12.8. The van der Waals surface area contributed by atoms with Crippen LogP contribution in [0.4, 0.5) is 11.4 Å². The molecule has 0 bridgehead atoms. The second kappa shape index (κ2) is 7.40. The van der Waals surface area contributed by atoms with E-state index in [1.54, 1.807) is 48.5 Å². The van der Waals surface area contributed by atoms with Gasteiger partial charge >= 0.3 is 0 Å². The van der Waals surface area contributed by atoms with E-state index in [1.165, 1.54) is 4.90 Å². The Morgan fingerprint density at radius 3 is 2.29 bits per heavy atom. The van der Waals surface area contributed by atoms with Crippen LogP contribution >= 0.6 is 11.6 Å². The molecule has 2 fully saturated rings. The molecular formula is C22H21ClN2O3. The lowest BCUT2D eigenvalue weighted by Gasteiger charge is -2.25. The minimum atomic E-state index is -0.268. The Kier molecular flexibility index (Phi) is 4.94. The van der Waals surface area contributed by atoms with Crippen LogP contribution in [0.2, 0.25) is 5.02 Å². The first-order valence-corrected chi connectivity index (χ1v) is 9.86. The normalized spacial score (nSPS) is 24.2. The van der Waals surface area contributed by atoms with E-state index in [9.17, 15) is 14.4 Å². The quantitative estimate of drug-likeness (QED) is 0.776. The van der Waals surface area contributed by atoms with Crippen molar-refractivity contribution in [1.82, 2.24) is 0 Å². The number of imide groups is 1. The highest BCUT2D eigenvalue weighted by Crippen LogP contribution is 2.42. The highest BCUT2D eigenvalue weighted by Gasteiger charge is 2.49. The lowest BCUT2D eigenvalue weighted by Crippen LogP contribution is -2.30. The van der Waals surface area contributed by atoms with E-state index in [-0.39, 0.29) is 29.6 Å². The summed E-state index contributed by atoms with van der Waals surface area (Å²) in [6.45, 7) is 2.13. The van der Waals surface area contributed by atoms with Crippen molar-refractivity contribution in [1.29, 1.82) is 0 Å². The molecular weight excluding hydrogens is 376 g/mol. The summed E-state index contributed by atoms with van der Waals surface area (Å²) in [5.74, 6) is -0.423. The molecule has 5 nitrogen and oxygen atoms in total. The summed E-state index contributed by atoms with van der Waals surface area (Å²) in [5, 5.41) is 3.39. The first-order valence-electron chi connectivity index (χ1n) is 9.49. The summed E-state index contributed by atoms with van der Waals surface area (Å²) in [4.78, 5) is 39.3.